The van der Waals surface area contributed by atoms with Crippen molar-refractivity contribution in [3.05, 3.63) is 53.2 Å². The number of hydrogen-bond donors (Lipinski definition) is 1. The fourth-order valence-corrected chi connectivity index (χ4v) is 3.58. The molecule has 3 heterocycles. The van der Waals surface area contributed by atoms with Crippen LogP contribution in [0.4, 0.5) is 5.95 Å². The van der Waals surface area contributed by atoms with Crippen molar-refractivity contribution in [2.24, 2.45) is 0 Å². The van der Waals surface area contributed by atoms with Crippen molar-refractivity contribution in [1.29, 1.82) is 0 Å². The molecule has 4 aromatic rings. The molecule has 1 aromatic carbocycles. The molecule has 0 saturated carbocycles. The van der Waals surface area contributed by atoms with Gasteiger partial charge < -0.3 is 5.73 Å². The van der Waals surface area contributed by atoms with Gasteiger partial charge >= 0.3 is 0 Å². The highest BCUT2D eigenvalue weighted by atomic mass is 32.2. The topological polar surface area (TPSA) is 82.0 Å². The molecule has 0 aliphatic carbocycles. The molecule has 7 heteroatoms. The van der Waals surface area contributed by atoms with Gasteiger partial charge in [-0.3, -0.25) is 0 Å². The first-order chi connectivity index (χ1) is 11.6. The highest BCUT2D eigenvalue weighted by molar-refractivity contribution is 7.98. The van der Waals surface area contributed by atoms with Crippen LogP contribution in [-0.2, 0) is 5.75 Å². The largest absolute Gasteiger partial charge is 0.368 e. The number of anilines is 1. The Morgan fingerprint density at radius 2 is 1.83 bits per heavy atom. The first-order valence-corrected chi connectivity index (χ1v) is 8.57. The number of thioether (sulfide) groups is 1. The predicted octanol–water partition coefficient (Wildman–Crippen LogP) is 3.16. The van der Waals surface area contributed by atoms with Gasteiger partial charge in [0.15, 0.2) is 10.8 Å². The Labute approximate surface area is 143 Å². The maximum Gasteiger partial charge on any atom is 0.224 e. The van der Waals surface area contributed by atoms with Crippen LogP contribution < -0.4 is 5.73 Å². The number of benzene rings is 1. The highest BCUT2D eigenvalue weighted by Crippen LogP contribution is 2.26. The van der Waals surface area contributed by atoms with Gasteiger partial charge in [-0.1, -0.05) is 42.1 Å². The molecule has 4 rings (SSSR count). The molecule has 0 atom stereocenters. The van der Waals surface area contributed by atoms with Gasteiger partial charge in [0.05, 0.1) is 0 Å². The molecule has 2 N–H and O–H groups in total. The average molecular weight is 336 g/mol. The van der Waals surface area contributed by atoms with Crippen LogP contribution in [0, 0.1) is 13.8 Å². The number of hydrogen-bond acceptors (Lipinski definition) is 6. The maximum absolute atomic E-state index is 5.92. The predicted molar refractivity (Wildman–Crippen MR) is 96.0 cm³/mol. The minimum absolute atomic E-state index is 0.237. The third-order valence-corrected chi connectivity index (χ3v) is 4.75. The van der Waals surface area contributed by atoms with Crippen molar-refractivity contribution < 1.29 is 0 Å². The van der Waals surface area contributed by atoms with Crippen LogP contribution in [-0.4, -0.2) is 24.6 Å². The Balaban J connectivity index is 1.85. The zero-order chi connectivity index (χ0) is 16.7. The average Bonchev–Trinajstić information content (AvgIpc) is 2.93. The lowest BCUT2D eigenvalue weighted by molar-refractivity contribution is 0.785. The van der Waals surface area contributed by atoms with Crippen LogP contribution >= 0.6 is 11.8 Å². The van der Waals surface area contributed by atoms with Crippen LogP contribution in [0.1, 0.15) is 16.8 Å². The molecule has 0 amide bonds. The van der Waals surface area contributed by atoms with Gasteiger partial charge in [0.25, 0.3) is 0 Å². The second kappa shape index (κ2) is 5.76. The summed E-state index contributed by atoms with van der Waals surface area (Å²) >= 11 is 1.58. The third kappa shape index (κ3) is 2.56. The lowest BCUT2D eigenvalue weighted by Crippen LogP contribution is -2.04. The van der Waals surface area contributed by atoms with Gasteiger partial charge in [-0.25, -0.2) is 4.98 Å². The summed E-state index contributed by atoms with van der Waals surface area (Å²) in [6.45, 7) is 3.99. The lowest BCUT2D eigenvalue weighted by Gasteiger charge is -2.04. The molecular weight excluding hydrogens is 320 g/mol. The Kier molecular flexibility index (Phi) is 3.57. The van der Waals surface area contributed by atoms with Crippen LogP contribution in [0.3, 0.4) is 0 Å². The van der Waals surface area contributed by atoms with Crippen molar-refractivity contribution >= 4 is 34.4 Å². The zero-order valence-corrected chi connectivity index (χ0v) is 14.2. The fourth-order valence-electron chi connectivity index (χ4n) is 2.69. The summed E-state index contributed by atoms with van der Waals surface area (Å²) < 4.78 is 1.74. The van der Waals surface area contributed by atoms with Crippen LogP contribution in [0.25, 0.3) is 16.7 Å². The minimum atomic E-state index is 0.237. The van der Waals surface area contributed by atoms with E-state index in [9.17, 15) is 0 Å². The second-order valence-corrected chi connectivity index (χ2v) is 6.59. The number of nitrogen functional groups attached to an aromatic ring is 1. The Morgan fingerprint density at radius 1 is 1.04 bits per heavy atom. The first-order valence-electron chi connectivity index (χ1n) is 7.59. The van der Waals surface area contributed by atoms with E-state index in [-0.39, 0.29) is 5.95 Å². The molecule has 0 fully saturated rings. The van der Waals surface area contributed by atoms with Crippen molar-refractivity contribution in [2.45, 2.75) is 24.8 Å². The monoisotopic (exact) mass is 336 g/mol. The van der Waals surface area contributed by atoms with Gasteiger partial charge in [0.2, 0.25) is 5.95 Å². The number of nitrogens with zero attached hydrogens (tertiary/aromatic N) is 5. The van der Waals surface area contributed by atoms with Gasteiger partial charge in [-0.2, -0.15) is 19.6 Å². The van der Waals surface area contributed by atoms with E-state index in [1.165, 1.54) is 5.56 Å². The third-order valence-electron chi connectivity index (χ3n) is 3.75. The maximum atomic E-state index is 5.92. The summed E-state index contributed by atoms with van der Waals surface area (Å²) in [5.41, 5.74) is 11.4. The van der Waals surface area contributed by atoms with E-state index in [0.29, 0.717) is 5.65 Å². The van der Waals surface area contributed by atoms with E-state index in [2.05, 4.69) is 32.2 Å². The number of aromatic nitrogens is 5. The quantitative estimate of drug-likeness (QED) is 0.579. The van der Waals surface area contributed by atoms with E-state index in [4.69, 9.17) is 5.73 Å². The number of rotatable bonds is 3. The first kappa shape index (κ1) is 14.9. The number of pyridine rings is 1. The smallest absolute Gasteiger partial charge is 0.224 e. The normalized spacial score (nSPS) is 11.4. The number of aryl methyl sites for hydroxylation is 2. The van der Waals surface area contributed by atoms with E-state index in [1.54, 1.807) is 16.3 Å². The molecule has 6 nitrogen and oxygen atoms in total. The van der Waals surface area contributed by atoms with Crippen molar-refractivity contribution in [3.8, 4) is 0 Å². The molecule has 0 radical (unpaired) electrons. The molecule has 24 heavy (non-hydrogen) atoms. The molecule has 0 saturated heterocycles. The molecular formula is C17H16N6S. The molecule has 0 aliphatic heterocycles. The van der Waals surface area contributed by atoms with Crippen LogP contribution in [0.5, 0.6) is 0 Å². The summed E-state index contributed by atoms with van der Waals surface area (Å²) in [7, 11) is 0. The van der Waals surface area contributed by atoms with Gasteiger partial charge in [0, 0.05) is 11.4 Å². The summed E-state index contributed by atoms with van der Waals surface area (Å²) in [5.74, 6) is 1.02. The molecule has 0 spiro atoms. The lowest BCUT2D eigenvalue weighted by atomic mass is 10.2. The SMILES string of the molecule is Cc1cc(C)c2nn3c(SCc4ccccc4)nc(N)nc3c2n1. The number of nitrogens with two attached hydrogens (primary N) is 1. The Bertz CT molecular complexity index is 1040. The molecule has 120 valence electrons. The van der Waals surface area contributed by atoms with Gasteiger partial charge in [-0.15, -0.1) is 0 Å². The standard InChI is InChI=1S/C17H16N6S/c1-10-8-11(2)19-14-13(10)22-23-15(14)20-16(18)21-17(23)24-9-12-6-4-3-5-7-12/h3-8H,9H2,1-2H3,(H2,18,20). The molecule has 0 aliphatic rings. The molecule has 0 bridgehead atoms. The van der Waals surface area contributed by atoms with E-state index < -0.39 is 0 Å². The summed E-state index contributed by atoms with van der Waals surface area (Å²) in [5, 5.41) is 5.38. The zero-order valence-electron chi connectivity index (χ0n) is 13.4. The Hall–Kier alpha value is -2.67. The van der Waals surface area contributed by atoms with Crippen molar-refractivity contribution in [2.75, 3.05) is 5.73 Å². The summed E-state index contributed by atoms with van der Waals surface area (Å²) in [6.07, 6.45) is 0. The minimum Gasteiger partial charge on any atom is -0.368 e. The highest BCUT2D eigenvalue weighted by Gasteiger charge is 2.16. The Morgan fingerprint density at radius 3 is 2.62 bits per heavy atom. The van der Waals surface area contributed by atoms with E-state index in [0.717, 1.165) is 33.2 Å². The van der Waals surface area contributed by atoms with Gasteiger partial charge in [-0.05, 0) is 31.0 Å². The van der Waals surface area contributed by atoms with Crippen LogP contribution in [0.2, 0.25) is 0 Å². The summed E-state index contributed by atoms with van der Waals surface area (Å²) in [6, 6.07) is 12.2. The number of fused-ring (bicyclic) bond motifs is 3. The van der Waals surface area contributed by atoms with Crippen LogP contribution in [0.15, 0.2) is 41.6 Å². The second-order valence-electron chi connectivity index (χ2n) is 5.65. The van der Waals surface area contributed by atoms with Crippen molar-refractivity contribution in [3.63, 3.8) is 0 Å². The molecule has 3 aromatic heterocycles. The van der Waals surface area contributed by atoms with E-state index >= 15 is 0 Å². The van der Waals surface area contributed by atoms with E-state index in [1.807, 2.05) is 38.1 Å². The van der Waals surface area contributed by atoms with Gasteiger partial charge in [0.1, 0.15) is 11.0 Å². The summed E-state index contributed by atoms with van der Waals surface area (Å²) in [4.78, 5) is 13.3. The van der Waals surface area contributed by atoms with Crippen molar-refractivity contribution in [1.82, 2.24) is 24.6 Å². The molecule has 0 unspecified atom stereocenters. The fraction of sp³-hybridized carbons (Fsp3) is 0.176.